The third-order valence-corrected chi connectivity index (χ3v) is 3.31. The Bertz CT molecular complexity index is 605. The summed E-state index contributed by atoms with van der Waals surface area (Å²) in [6.45, 7) is 6.25. The third-order valence-electron chi connectivity index (χ3n) is 3.31. The highest BCUT2D eigenvalue weighted by atomic mass is 16.5. The fraction of sp³-hybridized carbons (Fsp3) is 0.412. The highest BCUT2D eigenvalue weighted by molar-refractivity contribution is 5.84. The lowest BCUT2D eigenvalue weighted by Crippen LogP contribution is -2.46. The number of amides is 1. The van der Waals surface area contributed by atoms with Gasteiger partial charge < -0.3 is 10.1 Å². The summed E-state index contributed by atoms with van der Waals surface area (Å²) in [5.41, 5.74) is -0.00794. The molecule has 1 aromatic carbocycles. The molecule has 1 aromatic heterocycles. The Kier molecular flexibility index (Phi) is 5.20. The molecule has 22 heavy (non-hydrogen) atoms. The smallest absolute Gasteiger partial charge is 0.263 e. The van der Waals surface area contributed by atoms with E-state index >= 15 is 0 Å². The lowest BCUT2D eigenvalue weighted by atomic mass is 10.1. The average molecular weight is 301 g/mol. The summed E-state index contributed by atoms with van der Waals surface area (Å²) in [4.78, 5) is 12.2. The maximum Gasteiger partial charge on any atom is 0.263 e. The molecule has 2 aromatic rings. The van der Waals surface area contributed by atoms with Crippen LogP contribution in [0.4, 0.5) is 0 Å². The Morgan fingerprint density at radius 1 is 1.27 bits per heavy atom. The molecule has 2 rings (SSSR count). The van der Waals surface area contributed by atoms with Gasteiger partial charge in [0.1, 0.15) is 0 Å². The van der Waals surface area contributed by atoms with Gasteiger partial charge in [-0.25, -0.2) is 4.68 Å². The molecule has 0 atom stereocenters. The van der Waals surface area contributed by atoms with Crippen molar-refractivity contribution in [2.75, 3.05) is 6.54 Å². The molecule has 0 aliphatic heterocycles. The fourth-order valence-electron chi connectivity index (χ4n) is 1.99. The predicted molar refractivity (Wildman–Crippen MR) is 86.2 cm³/mol. The number of aromatic nitrogens is 2. The number of carbonyl (C=O) groups excluding carboxylic acids is 1. The van der Waals surface area contributed by atoms with Crippen LogP contribution in [0.15, 0.2) is 42.6 Å². The first-order valence-corrected chi connectivity index (χ1v) is 7.61. The van der Waals surface area contributed by atoms with E-state index in [0.29, 0.717) is 12.4 Å². The van der Waals surface area contributed by atoms with Crippen molar-refractivity contribution in [2.45, 2.75) is 39.2 Å². The number of carbonyl (C=O) groups is 1. The highest BCUT2D eigenvalue weighted by Crippen LogP contribution is 2.18. The highest BCUT2D eigenvalue weighted by Gasteiger charge is 2.30. The SMILES string of the molecule is CCCCNC(=O)C(C)(C)Oc1ccn(-c2ccccc2)n1. The van der Waals surface area contributed by atoms with Crippen LogP contribution in [0, 0.1) is 0 Å². The minimum absolute atomic E-state index is 0.129. The average Bonchev–Trinajstić information content (AvgIpc) is 2.96. The number of unbranched alkanes of at least 4 members (excludes halogenated alkanes) is 1. The number of para-hydroxylation sites is 1. The van der Waals surface area contributed by atoms with E-state index in [1.54, 1.807) is 24.6 Å². The molecule has 0 fully saturated rings. The van der Waals surface area contributed by atoms with Crippen LogP contribution < -0.4 is 10.1 Å². The van der Waals surface area contributed by atoms with Crippen molar-refractivity contribution in [2.24, 2.45) is 0 Å². The number of nitrogens with zero attached hydrogens (tertiary/aromatic N) is 2. The molecule has 0 unspecified atom stereocenters. The largest absolute Gasteiger partial charge is 0.460 e. The zero-order valence-electron chi connectivity index (χ0n) is 13.4. The van der Waals surface area contributed by atoms with Gasteiger partial charge in [0.25, 0.3) is 5.91 Å². The Balaban J connectivity index is 2.01. The van der Waals surface area contributed by atoms with Crippen molar-refractivity contribution in [3.8, 4) is 11.6 Å². The van der Waals surface area contributed by atoms with Crippen LogP contribution in [0.2, 0.25) is 0 Å². The molecule has 0 radical (unpaired) electrons. The van der Waals surface area contributed by atoms with Gasteiger partial charge in [-0.2, -0.15) is 0 Å². The van der Waals surface area contributed by atoms with Gasteiger partial charge in [0, 0.05) is 18.8 Å². The second-order valence-corrected chi connectivity index (χ2v) is 5.66. The molecule has 0 saturated heterocycles. The molecule has 1 N–H and O–H groups in total. The minimum Gasteiger partial charge on any atom is -0.460 e. The van der Waals surface area contributed by atoms with Gasteiger partial charge in [0.2, 0.25) is 5.88 Å². The van der Waals surface area contributed by atoms with E-state index in [-0.39, 0.29) is 5.91 Å². The zero-order valence-corrected chi connectivity index (χ0v) is 13.4. The van der Waals surface area contributed by atoms with Crippen LogP contribution in [0.3, 0.4) is 0 Å². The third kappa shape index (κ3) is 4.10. The Labute approximate surface area is 131 Å². The predicted octanol–water partition coefficient (Wildman–Crippen LogP) is 2.95. The van der Waals surface area contributed by atoms with E-state index in [4.69, 9.17) is 4.74 Å². The van der Waals surface area contributed by atoms with Crippen LogP contribution in [0.5, 0.6) is 5.88 Å². The van der Waals surface area contributed by atoms with Gasteiger partial charge in [-0.1, -0.05) is 31.5 Å². The molecule has 118 valence electrons. The number of ether oxygens (including phenoxy) is 1. The Morgan fingerprint density at radius 2 is 2.00 bits per heavy atom. The van der Waals surface area contributed by atoms with Gasteiger partial charge >= 0.3 is 0 Å². The maximum atomic E-state index is 12.2. The zero-order chi connectivity index (χ0) is 16.0. The summed E-state index contributed by atoms with van der Waals surface area (Å²) in [7, 11) is 0. The lowest BCUT2D eigenvalue weighted by Gasteiger charge is -2.23. The number of benzene rings is 1. The quantitative estimate of drug-likeness (QED) is 0.800. The van der Waals surface area contributed by atoms with E-state index in [1.807, 2.05) is 36.5 Å². The van der Waals surface area contributed by atoms with Gasteiger partial charge in [-0.05, 0) is 32.4 Å². The molecule has 0 saturated carbocycles. The topological polar surface area (TPSA) is 56.1 Å². The van der Waals surface area contributed by atoms with Gasteiger partial charge in [0.05, 0.1) is 5.69 Å². The van der Waals surface area contributed by atoms with E-state index in [0.717, 1.165) is 18.5 Å². The molecule has 1 heterocycles. The number of rotatable bonds is 7. The van der Waals surface area contributed by atoms with Crippen molar-refractivity contribution in [3.63, 3.8) is 0 Å². The molecule has 0 bridgehead atoms. The fourth-order valence-corrected chi connectivity index (χ4v) is 1.99. The maximum absolute atomic E-state index is 12.2. The van der Waals surface area contributed by atoms with Crippen molar-refractivity contribution in [1.29, 1.82) is 0 Å². The van der Waals surface area contributed by atoms with Gasteiger partial charge in [-0.15, -0.1) is 5.10 Å². The van der Waals surface area contributed by atoms with Crippen LogP contribution in [-0.4, -0.2) is 27.8 Å². The molecule has 1 amide bonds. The summed E-state index contributed by atoms with van der Waals surface area (Å²) in [6.07, 6.45) is 3.82. The first-order valence-electron chi connectivity index (χ1n) is 7.61. The monoisotopic (exact) mass is 301 g/mol. The van der Waals surface area contributed by atoms with Crippen LogP contribution in [0.25, 0.3) is 5.69 Å². The normalized spacial score (nSPS) is 11.2. The molecule has 0 aliphatic carbocycles. The molecule has 5 nitrogen and oxygen atoms in total. The second kappa shape index (κ2) is 7.11. The van der Waals surface area contributed by atoms with Crippen LogP contribution in [0.1, 0.15) is 33.6 Å². The number of hydrogen-bond donors (Lipinski definition) is 1. The molecular weight excluding hydrogens is 278 g/mol. The first-order chi connectivity index (χ1) is 10.5. The lowest BCUT2D eigenvalue weighted by molar-refractivity contribution is -0.134. The molecule has 0 spiro atoms. The van der Waals surface area contributed by atoms with Crippen molar-refractivity contribution >= 4 is 5.91 Å². The number of hydrogen-bond acceptors (Lipinski definition) is 3. The molecular formula is C17H23N3O2. The molecule has 0 aliphatic rings. The number of nitrogens with one attached hydrogen (secondary N) is 1. The van der Waals surface area contributed by atoms with E-state index in [9.17, 15) is 4.79 Å². The summed E-state index contributed by atoms with van der Waals surface area (Å²) in [6, 6.07) is 11.5. The summed E-state index contributed by atoms with van der Waals surface area (Å²) in [5.74, 6) is 0.301. The standard InChI is InChI=1S/C17H23N3O2/c1-4-5-12-18-16(21)17(2,3)22-15-11-13-20(19-15)14-9-7-6-8-10-14/h6-11,13H,4-5,12H2,1-3H3,(H,18,21). The summed E-state index contributed by atoms with van der Waals surface area (Å²) in [5, 5.41) is 7.24. The van der Waals surface area contributed by atoms with E-state index < -0.39 is 5.60 Å². The second-order valence-electron chi connectivity index (χ2n) is 5.66. The van der Waals surface area contributed by atoms with Gasteiger partial charge in [-0.3, -0.25) is 4.79 Å². The summed E-state index contributed by atoms with van der Waals surface area (Å²) >= 11 is 0. The van der Waals surface area contributed by atoms with E-state index in [2.05, 4.69) is 17.3 Å². The van der Waals surface area contributed by atoms with Gasteiger partial charge in [0.15, 0.2) is 5.60 Å². The minimum atomic E-state index is -0.955. The Hall–Kier alpha value is -2.30. The van der Waals surface area contributed by atoms with E-state index in [1.165, 1.54) is 0 Å². The van der Waals surface area contributed by atoms with Crippen LogP contribution in [-0.2, 0) is 4.79 Å². The Morgan fingerprint density at radius 3 is 2.68 bits per heavy atom. The van der Waals surface area contributed by atoms with Crippen molar-refractivity contribution in [3.05, 3.63) is 42.6 Å². The van der Waals surface area contributed by atoms with Crippen molar-refractivity contribution in [1.82, 2.24) is 15.1 Å². The van der Waals surface area contributed by atoms with Crippen LogP contribution >= 0.6 is 0 Å². The van der Waals surface area contributed by atoms with Crippen molar-refractivity contribution < 1.29 is 9.53 Å². The molecule has 5 heteroatoms. The first kappa shape index (κ1) is 16.1. The summed E-state index contributed by atoms with van der Waals surface area (Å²) < 4.78 is 7.48.